The van der Waals surface area contributed by atoms with E-state index in [4.69, 9.17) is 9.47 Å². The van der Waals surface area contributed by atoms with Gasteiger partial charge in [0.1, 0.15) is 0 Å². The lowest BCUT2D eigenvalue weighted by molar-refractivity contribution is -0.201. The van der Waals surface area contributed by atoms with Crippen LogP contribution >= 0.6 is 0 Å². The van der Waals surface area contributed by atoms with Gasteiger partial charge in [-0.25, -0.2) is 4.79 Å². The fraction of sp³-hybridized carbons (Fsp3) is 0.938. The van der Waals surface area contributed by atoms with Crippen molar-refractivity contribution in [2.45, 2.75) is 56.9 Å². The molecule has 0 aromatic heterocycles. The van der Waals surface area contributed by atoms with Crippen LogP contribution in [-0.4, -0.2) is 62.2 Å². The number of nitrogens with one attached hydrogen (secondary N) is 2. The van der Waals surface area contributed by atoms with Crippen LogP contribution in [0.15, 0.2) is 0 Å². The maximum Gasteiger partial charge on any atom is 0.314 e. The molecule has 0 radical (unpaired) electrons. The molecule has 3 aliphatic rings. The van der Waals surface area contributed by atoms with E-state index in [1.54, 1.807) is 7.05 Å². The zero-order chi connectivity index (χ0) is 15.6. The van der Waals surface area contributed by atoms with Crippen LogP contribution in [0.2, 0.25) is 0 Å². The molecule has 1 saturated carbocycles. The Kier molecular flexibility index (Phi) is 4.90. The Morgan fingerprint density at radius 2 is 2.14 bits per heavy atom. The van der Waals surface area contributed by atoms with E-state index in [2.05, 4.69) is 22.5 Å². The number of nitrogens with zero attached hydrogens (tertiary/aromatic N) is 1. The zero-order valence-corrected chi connectivity index (χ0v) is 13.8. The summed E-state index contributed by atoms with van der Waals surface area (Å²) in [5.41, 5.74) is 0. The van der Waals surface area contributed by atoms with E-state index in [1.807, 2.05) is 0 Å². The van der Waals surface area contributed by atoms with E-state index in [0.29, 0.717) is 12.0 Å². The number of likely N-dealkylation sites (tertiary alicyclic amines) is 1. The first kappa shape index (κ1) is 16.0. The Balaban J connectivity index is 1.69. The Bertz CT molecular complexity index is 398. The van der Waals surface area contributed by atoms with Crippen molar-refractivity contribution in [2.75, 3.05) is 33.4 Å². The van der Waals surface area contributed by atoms with E-state index >= 15 is 0 Å². The summed E-state index contributed by atoms with van der Waals surface area (Å²) in [5.74, 6) is 0.197. The van der Waals surface area contributed by atoms with Gasteiger partial charge in [0.05, 0.1) is 13.2 Å². The van der Waals surface area contributed by atoms with Gasteiger partial charge in [-0.05, 0) is 31.7 Å². The Morgan fingerprint density at radius 3 is 2.82 bits per heavy atom. The highest BCUT2D eigenvalue weighted by molar-refractivity contribution is 5.73. The van der Waals surface area contributed by atoms with Gasteiger partial charge in [-0.3, -0.25) is 4.90 Å². The highest BCUT2D eigenvalue weighted by Gasteiger charge is 2.48. The maximum atomic E-state index is 11.7. The average molecular weight is 311 g/mol. The van der Waals surface area contributed by atoms with Crippen LogP contribution in [0.1, 0.15) is 39.0 Å². The third-order valence-corrected chi connectivity index (χ3v) is 5.34. The number of fused-ring (bicyclic) bond motifs is 1. The van der Waals surface area contributed by atoms with E-state index in [1.165, 1.54) is 0 Å². The molecule has 2 amide bonds. The van der Waals surface area contributed by atoms with Gasteiger partial charge in [-0.2, -0.15) is 0 Å². The van der Waals surface area contributed by atoms with Crippen molar-refractivity contribution >= 4 is 6.03 Å². The third kappa shape index (κ3) is 3.24. The normalized spacial score (nSPS) is 34.4. The molecule has 0 aromatic rings. The number of rotatable bonds is 3. The van der Waals surface area contributed by atoms with Crippen molar-refractivity contribution in [2.24, 2.45) is 5.92 Å². The molecule has 2 N–H and O–H groups in total. The fourth-order valence-electron chi connectivity index (χ4n) is 4.49. The fourth-order valence-corrected chi connectivity index (χ4v) is 4.49. The van der Waals surface area contributed by atoms with Gasteiger partial charge in [0.2, 0.25) is 0 Å². The molecule has 0 aromatic carbocycles. The highest BCUT2D eigenvalue weighted by Crippen LogP contribution is 2.44. The molecular formula is C16H29N3O3. The van der Waals surface area contributed by atoms with Crippen LogP contribution in [0.3, 0.4) is 0 Å². The lowest BCUT2D eigenvalue weighted by atomic mass is 9.74. The molecule has 1 aliphatic carbocycles. The molecule has 1 spiro atoms. The molecule has 3 atom stereocenters. The van der Waals surface area contributed by atoms with E-state index in [0.717, 1.165) is 58.4 Å². The summed E-state index contributed by atoms with van der Waals surface area (Å²) in [5, 5.41) is 5.76. The van der Waals surface area contributed by atoms with E-state index < -0.39 is 0 Å². The number of amides is 2. The minimum Gasteiger partial charge on any atom is -0.348 e. The molecule has 0 unspecified atom stereocenters. The predicted molar refractivity (Wildman–Crippen MR) is 83.6 cm³/mol. The molecule has 6 nitrogen and oxygen atoms in total. The standard InChI is InChI=1S/C16H29N3O3/c1-3-6-19-11-13(18-15(20)17-2)9-12-10-16(5-4-14(12)19)21-7-8-22-16/h12-14H,3-11H2,1-2H3,(H2,17,18,20)/t12-,13+,14-/m1/s1. The van der Waals surface area contributed by atoms with Gasteiger partial charge in [0.15, 0.2) is 5.79 Å². The van der Waals surface area contributed by atoms with E-state index in [9.17, 15) is 4.79 Å². The second-order valence-corrected chi connectivity index (χ2v) is 6.83. The van der Waals surface area contributed by atoms with Crippen molar-refractivity contribution in [3.63, 3.8) is 0 Å². The van der Waals surface area contributed by atoms with Gasteiger partial charge in [-0.15, -0.1) is 0 Å². The molecule has 3 fully saturated rings. The van der Waals surface area contributed by atoms with Gasteiger partial charge in [0, 0.05) is 38.5 Å². The number of carbonyl (C=O) groups excluding carboxylic acids is 1. The topological polar surface area (TPSA) is 62.8 Å². The minimum atomic E-state index is -0.339. The molecular weight excluding hydrogens is 282 g/mol. The molecule has 3 rings (SSSR count). The second kappa shape index (κ2) is 6.72. The molecule has 126 valence electrons. The van der Waals surface area contributed by atoms with Crippen LogP contribution in [0, 0.1) is 5.92 Å². The van der Waals surface area contributed by atoms with Crippen molar-refractivity contribution in [3.05, 3.63) is 0 Å². The van der Waals surface area contributed by atoms with Crippen molar-refractivity contribution in [1.82, 2.24) is 15.5 Å². The molecule has 2 saturated heterocycles. The van der Waals surface area contributed by atoms with Crippen LogP contribution in [-0.2, 0) is 9.47 Å². The van der Waals surface area contributed by atoms with Crippen molar-refractivity contribution in [3.8, 4) is 0 Å². The predicted octanol–water partition coefficient (Wildman–Crippen LogP) is 1.31. The Hall–Kier alpha value is -0.850. The third-order valence-electron chi connectivity index (χ3n) is 5.34. The van der Waals surface area contributed by atoms with Gasteiger partial charge in [-0.1, -0.05) is 6.92 Å². The lowest BCUT2D eigenvalue weighted by Gasteiger charge is -2.50. The van der Waals surface area contributed by atoms with Crippen molar-refractivity contribution < 1.29 is 14.3 Å². The Labute approximate surface area is 132 Å². The summed E-state index contributed by atoms with van der Waals surface area (Å²) >= 11 is 0. The Morgan fingerprint density at radius 1 is 1.36 bits per heavy atom. The smallest absolute Gasteiger partial charge is 0.314 e. The molecule has 0 bridgehead atoms. The molecule has 2 heterocycles. The van der Waals surface area contributed by atoms with Crippen LogP contribution in [0.5, 0.6) is 0 Å². The first-order valence-electron chi connectivity index (χ1n) is 8.66. The first-order chi connectivity index (χ1) is 10.7. The van der Waals surface area contributed by atoms with Gasteiger partial charge >= 0.3 is 6.03 Å². The van der Waals surface area contributed by atoms with Crippen LogP contribution in [0.4, 0.5) is 4.79 Å². The second-order valence-electron chi connectivity index (χ2n) is 6.83. The maximum absolute atomic E-state index is 11.7. The summed E-state index contributed by atoms with van der Waals surface area (Å²) in [6.45, 7) is 5.71. The summed E-state index contributed by atoms with van der Waals surface area (Å²) < 4.78 is 11.8. The zero-order valence-electron chi connectivity index (χ0n) is 13.8. The number of piperidine rings is 1. The minimum absolute atomic E-state index is 0.0845. The summed E-state index contributed by atoms with van der Waals surface area (Å²) in [6.07, 6.45) is 5.27. The average Bonchev–Trinajstić information content (AvgIpc) is 2.95. The first-order valence-corrected chi connectivity index (χ1v) is 8.66. The van der Waals surface area contributed by atoms with Crippen LogP contribution < -0.4 is 10.6 Å². The summed E-state index contributed by atoms with van der Waals surface area (Å²) in [7, 11) is 1.67. The lowest BCUT2D eigenvalue weighted by Crippen LogP contribution is -2.60. The highest BCUT2D eigenvalue weighted by atomic mass is 16.7. The quantitative estimate of drug-likeness (QED) is 0.825. The number of carbonyl (C=O) groups is 1. The molecule has 2 aliphatic heterocycles. The number of hydrogen-bond acceptors (Lipinski definition) is 4. The SMILES string of the molecule is CCCN1C[C@@H](NC(=O)NC)C[C@@H]2CC3(CC[C@H]21)OCCO3. The molecule has 6 heteroatoms. The van der Waals surface area contributed by atoms with E-state index in [-0.39, 0.29) is 17.9 Å². The number of urea groups is 1. The number of ether oxygens (including phenoxy) is 2. The number of hydrogen-bond donors (Lipinski definition) is 2. The van der Waals surface area contributed by atoms with Crippen molar-refractivity contribution in [1.29, 1.82) is 0 Å². The van der Waals surface area contributed by atoms with Crippen LogP contribution in [0.25, 0.3) is 0 Å². The summed E-state index contributed by atoms with van der Waals surface area (Å²) in [4.78, 5) is 14.2. The monoisotopic (exact) mass is 311 g/mol. The molecule has 22 heavy (non-hydrogen) atoms. The van der Waals surface area contributed by atoms with Gasteiger partial charge < -0.3 is 20.1 Å². The van der Waals surface area contributed by atoms with Gasteiger partial charge in [0.25, 0.3) is 0 Å². The summed E-state index contributed by atoms with van der Waals surface area (Å²) in [6, 6.07) is 0.740. The largest absolute Gasteiger partial charge is 0.348 e.